The van der Waals surface area contributed by atoms with Crippen molar-refractivity contribution in [3.63, 3.8) is 0 Å². The summed E-state index contributed by atoms with van der Waals surface area (Å²) in [7, 11) is 0. The zero-order valence-corrected chi connectivity index (χ0v) is 16.6. The van der Waals surface area contributed by atoms with Crippen LogP contribution in [0.15, 0.2) is 65.6 Å². The van der Waals surface area contributed by atoms with Crippen LogP contribution in [-0.2, 0) is 17.9 Å². The highest BCUT2D eigenvalue weighted by atomic mass is 32.1. The van der Waals surface area contributed by atoms with Crippen LogP contribution >= 0.6 is 11.3 Å². The van der Waals surface area contributed by atoms with Gasteiger partial charge in [-0.25, -0.2) is 0 Å². The molecule has 0 unspecified atom stereocenters. The minimum atomic E-state index is 0.0883. The second kappa shape index (κ2) is 8.99. The Balaban J connectivity index is 1.26. The molecule has 1 aromatic carbocycles. The number of benzene rings is 1. The van der Waals surface area contributed by atoms with Crippen LogP contribution in [0.5, 0.6) is 0 Å². The van der Waals surface area contributed by atoms with E-state index in [-0.39, 0.29) is 5.91 Å². The van der Waals surface area contributed by atoms with E-state index in [4.69, 9.17) is 0 Å². The maximum Gasteiger partial charge on any atom is 0.246 e. The highest BCUT2D eigenvalue weighted by Gasteiger charge is 2.22. The number of hydrogen-bond acceptors (Lipinski definition) is 3. The average Bonchev–Trinajstić information content (AvgIpc) is 3.40. The molecular formula is C22H25N4OS+. The first-order valence-electron chi connectivity index (χ1n) is 9.64. The van der Waals surface area contributed by atoms with Crippen LogP contribution in [0.3, 0.4) is 0 Å². The number of quaternary nitrogens is 1. The number of rotatable bonds is 6. The van der Waals surface area contributed by atoms with Crippen molar-refractivity contribution in [2.75, 3.05) is 26.2 Å². The van der Waals surface area contributed by atoms with Crippen LogP contribution in [0, 0.1) is 0 Å². The minimum Gasteiger partial charge on any atom is -0.328 e. The standard InChI is InChI=1S/C22H24N4OS/c27-22(25-11-9-24(10-12-25)15-21-8-13-28-18-21)7-6-20-14-23-26(17-20)16-19-4-2-1-3-5-19/h1-8,13-14,17-18H,9-12,15-16H2/p+1/b7-6+. The first-order chi connectivity index (χ1) is 13.8. The van der Waals surface area contributed by atoms with Gasteiger partial charge in [0.05, 0.1) is 38.9 Å². The van der Waals surface area contributed by atoms with Gasteiger partial charge >= 0.3 is 0 Å². The van der Waals surface area contributed by atoms with Gasteiger partial charge in [-0.1, -0.05) is 30.3 Å². The van der Waals surface area contributed by atoms with Gasteiger partial charge in [-0.2, -0.15) is 16.4 Å². The fraction of sp³-hybridized carbons (Fsp3) is 0.273. The lowest BCUT2D eigenvalue weighted by Gasteiger charge is -2.31. The number of aromatic nitrogens is 2. The topological polar surface area (TPSA) is 42.6 Å². The molecule has 0 spiro atoms. The first kappa shape index (κ1) is 18.7. The molecule has 0 radical (unpaired) electrons. The predicted molar refractivity (Wildman–Crippen MR) is 112 cm³/mol. The van der Waals surface area contributed by atoms with Crippen LogP contribution in [0.4, 0.5) is 0 Å². The SMILES string of the molecule is O=C(/C=C/c1cnn(Cc2ccccc2)c1)N1CC[NH+](Cc2ccsc2)CC1. The number of nitrogens with zero attached hydrogens (tertiary/aromatic N) is 3. The summed E-state index contributed by atoms with van der Waals surface area (Å²) in [6, 6.07) is 12.4. The summed E-state index contributed by atoms with van der Waals surface area (Å²) in [5.74, 6) is 0.0883. The van der Waals surface area contributed by atoms with Gasteiger partial charge in [-0.3, -0.25) is 9.48 Å². The molecule has 1 saturated heterocycles. The largest absolute Gasteiger partial charge is 0.328 e. The molecule has 2 aromatic heterocycles. The molecule has 4 rings (SSSR count). The number of nitrogens with one attached hydrogen (secondary N) is 1. The number of piperazine rings is 1. The van der Waals surface area contributed by atoms with E-state index in [9.17, 15) is 4.79 Å². The first-order valence-corrected chi connectivity index (χ1v) is 10.6. The van der Waals surface area contributed by atoms with Gasteiger partial charge in [0.15, 0.2) is 0 Å². The van der Waals surface area contributed by atoms with Crippen LogP contribution < -0.4 is 4.90 Å². The number of amides is 1. The molecule has 0 saturated carbocycles. The second-order valence-corrected chi connectivity index (χ2v) is 7.95. The Morgan fingerprint density at radius 2 is 1.96 bits per heavy atom. The molecular weight excluding hydrogens is 368 g/mol. The van der Waals surface area contributed by atoms with Crippen LogP contribution in [0.25, 0.3) is 6.08 Å². The average molecular weight is 394 g/mol. The fourth-order valence-electron chi connectivity index (χ4n) is 3.50. The Hall–Kier alpha value is -2.70. The summed E-state index contributed by atoms with van der Waals surface area (Å²) in [6.07, 6.45) is 7.31. The van der Waals surface area contributed by atoms with Gasteiger partial charge in [0.25, 0.3) is 0 Å². The quantitative estimate of drug-likeness (QED) is 0.651. The molecule has 1 N–H and O–H groups in total. The molecule has 5 nitrogen and oxygen atoms in total. The molecule has 3 heterocycles. The monoisotopic (exact) mass is 393 g/mol. The van der Waals surface area contributed by atoms with Gasteiger partial charge in [0.2, 0.25) is 5.91 Å². The lowest BCUT2D eigenvalue weighted by molar-refractivity contribution is -0.917. The highest BCUT2D eigenvalue weighted by Crippen LogP contribution is 2.07. The van der Waals surface area contributed by atoms with Crippen molar-refractivity contribution in [1.82, 2.24) is 14.7 Å². The van der Waals surface area contributed by atoms with Gasteiger partial charge in [0, 0.05) is 23.4 Å². The van der Waals surface area contributed by atoms with Crippen LogP contribution in [0.2, 0.25) is 0 Å². The molecule has 1 aliphatic rings. The van der Waals surface area contributed by atoms with E-state index >= 15 is 0 Å². The van der Waals surface area contributed by atoms with E-state index in [0.717, 1.165) is 44.8 Å². The van der Waals surface area contributed by atoms with E-state index in [2.05, 4.69) is 34.1 Å². The molecule has 1 aliphatic heterocycles. The predicted octanol–water partition coefficient (Wildman–Crippen LogP) is 1.93. The van der Waals surface area contributed by atoms with Crippen molar-refractivity contribution in [3.8, 4) is 0 Å². The van der Waals surface area contributed by atoms with Crippen molar-refractivity contribution in [2.45, 2.75) is 13.1 Å². The normalized spacial score (nSPS) is 15.4. The van der Waals surface area contributed by atoms with Crippen molar-refractivity contribution in [1.29, 1.82) is 0 Å². The van der Waals surface area contributed by atoms with E-state index in [0.29, 0.717) is 0 Å². The Bertz CT molecular complexity index is 909. The van der Waals surface area contributed by atoms with Crippen molar-refractivity contribution in [3.05, 3.63) is 82.3 Å². The summed E-state index contributed by atoms with van der Waals surface area (Å²) in [5, 5.41) is 8.73. The number of hydrogen-bond donors (Lipinski definition) is 1. The molecule has 6 heteroatoms. The third kappa shape index (κ3) is 4.97. The summed E-state index contributed by atoms with van der Waals surface area (Å²) >= 11 is 1.75. The summed E-state index contributed by atoms with van der Waals surface area (Å²) in [5.41, 5.74) is 3.55. The summed E-state index contributed by atoms with van der Waals surface area (Å²) in [4.78, 5) is 16.0. The van der Waals surface area contributed by atoms with Crippen LogP contribution in [0.1, 0.15) is 16.7 Å². The van der Waals surface area contributed by atoms with E-state index < -0.39 is 0 Å². The lowest BCUT2D eigenvalue weighted by Crippen LogP contribution is -3.13. The Labute approximate surface area is 169 Å². The maximum absolute atomic E-state index is 12.5. The van der Waals surface area contributed by atoms with Gasteiger partial charge in [0.1, 0.15) is 6.54 Å². The Morgan fingerprint density at radius 1 is 1.14 bits per heavy atom. The number of thiophene rings is 1. The molecule has 1 fully saturated rings. The fourth-order valence-corrected chi connectivity index (χ4v) is 4.17. The van der Waals surface area contributed by atoms with Crippen molar-refractivity contribution in [2.24, 2.45) is 0 Å². The van der Waals surface area contributed by atoms with E-state index in [1.165, 1.54) is 11.1 Å². The highest BCUT2D eigenvalue weighted by molar-refractivity contribution is 7.07. The lowest BCUT2D eigenvalue weighted by atomic mass is 10.2. The van der Waals surface area contributed by atoms with E-state index in [1.807, 2.05) is 40.1 Å². The molecule has 0 aliphatic carbocycles. The molecule has 0 atom stereocenters. The number of carbonyl (C=O) groups excluding carboxylic acids is 1. The molecule has 144 valence electrons. The third-order valence-corrected chi connectivity index (χ3v) is 5.81. The maximum atomic E-state index is 12.5. The minimum absolute atomic E-state index is 0.0883. The molecule has 3 aromatic rings. The molecule has 28 heavy (non-hydrogen) atoms. The zero-order valence-electron chi connectivity index (χ0n) is 15.8. The van der Waals surface area contributed by atoms with Crippen molar-refractivity contribution >= 4 is 23.3 Å². The molecule has 1 amide bonds. The van der Waals surface area contributed by atoms with Gasteiger partial charge in [-0.15, -0.1) is 0 Å². The second-order valence-electron chi connectivity index (χ2n) is 7.17. The Kier molecular flexibility index (Phi) is 5.99. The number of carbonyl (C=O) groups is 1. The zero-order chi connectivity index (χ0) is 19.2. The Morgan fingerprint density at radius 3 is 2.71 bits per heavy atom. The third-order valence-electron chi connectivity index (χ3n) is 5.08. The molecule has 0 bridgehead atoms. The van der Waals surface area contributed by atoms with Crippen molar-refractivity contribution < 1.29 is 9.69 Å². The van der Waals surface area contributed by atoms with Gasteiger partial charge < -0.3 is 9.80 Å². The van der Waals surface area contributed by atoms with Gasteiger partial charge in [-0.05, 0) is 28.5 Å². The summed E-state index contributed by atoms with van der Waals surface area (Å²) in [6.45, 7) is 5.43. The van der Waals surface area contributed by atoms with E-state index in [1.54, 1.807) is 28.5 Å². The van der Waals surface area contributed by atoms with Crippen LogP contribution in [-0.4, -0.2) is 46.8 Å². The smallest absolute Gasteiger partial charge is 0.246 e. The summed E-state index contributed by atoms with van der Waals surface area (Å²) < 4.78 is 1.89.